The lowest BCUT2D eigenvalue weighted by molar-refractivity contribution is -0.253. The molecule has 1 heterocycles. The van der Waals surface area contributed by atoms with Crippen LogP contribution in [-0.2, 0) is 14.2 Å². The van der Waals surface area contributed by atoms with Gasteiger partial charge in [0.25, 0.3) is 0 Å². The highest BCUT2D eigenvalue weighted by atomic mass is 79.9. The minimum Gasteiger partial charge on any atom is -0.381 e. The van der Waals surface area contributed by atoms with Crippen LogP contribution in [0.4, 0.5) is 0 Å². The first kappa shape index (κ1) is 14.5. The fourth-order valence-electron chi connectivity index (χ4n) is 2.97. The number of methoxy groups -OCH3 is 2. The molecule has 3 unspecified atom stereocenters. The third-order valence-corrected chi connectivity index (χ3v) is 5.90. The summed E-state index contributed by atoms with van der Waals surface area (Å²) in [5.41, 5.74) is -0.718. The van der Waals surface area contributed by atoms with E-state index >= 15 is 0 Å². The second kappa shape index (κ2) is 4.56. The van der Waals surface area contributed by atoms with Gasteiger partial charge in [0.2, 0.25) is 0 Å². The van der Waals surface area contributed by atoms with E-state index in [0.717, 1.165) is 12.0 Å². The van der Waals surface area contributed by atoms with Gasteiger partial charge in [-0.25, -0.2) is 0 Å². The van der Waals surface area contributed by atoms with E-state index in [9.17, 15) is 5.11 Å². The molecule has 0 radical (unpaired) electrons. The molecule has 2 fully saturated rings. The maximum Gasteiger partial charge on any atom is 0.183 e. The van der Waals surface area contributed by atoms with Crippen LogP contribution >= 0.6 is 15.9 Å². The van der Waals surface area contributed by atoms with Gasteiger partial charge < -0.3 is 19.3 Å². The maximum atomic E-state index is 11.2. The molecule has 3 atom stereocenters. The van der Waals surface area contributed by atoms with Crippen molar-refractivity contribution in [3.05, 3.63) is 11.6 Å². The van der Waals surface area contributed by atoms with Gasteiger partial charge in [-0.3, -0.25) is 0 Å². The van der Waals surface area contributed by atoms with Crippen LogP contribution in [0.2, 0.25) is 0 Å². The van der Waals surface area contributed by atoms with Crippen molar-refractivity contribution < 1.29 is 19.3 Å². The van der Waals surface area contributed by atoms with Crippen molar-refractivity contribution >= 4 is 15.9 Å². The molecule has 1 spiro atoms. The van der Waals surface area contributed by atoms with Crippen LogP contribution in [0.15, 0.2) is 11.6 Å². The van der Waals surface area contributed by atoms with Crippen molar-refractivity contribution in [1.29, 1.82) is 0 Å². The van der Waals surface area contributed by atoms with Crippen molar-refractivity contribution in [3.8, 4) is 0 Å². The van der Waals surface area contributed by atoms with Gasteiger partial charge in [0.05, 0.1) is 6.61 Å². The van der Waals surface area contributed by atoms with E-state index in [1.165, 1.54) is 0 Å². The third-order valence-electron chi connectivity index (χ3n) is 4.54. The Bertz CT molecular complexity index is 360. The van der Waals surface area contributed by atoms with Crippen LogP contribution in [0.1, 0.15) is 26.7 Å². The Labute approximate surface area is 116 Å². The van der Waals surface area contributed by atoms with Crippen molar-refractivity contribution in [3.63, 3.8) is 0 Å². The molecule has 1 saturated heterocycles. The predicted molar refractivity (Wildman–Crippen MR) is 71.8 cm³/mol. The summed E-state index contributed by atoms with van der Waals surface area (Å²) >= 11 is 3.59. The molecule has 4 nitrogen and oxygen atoms in total. The molecule has 5 heteroatoms. The third kappa shape index (κ3) is 1.64. The van der Waals surface area contributed by atoms with Crippen LogP contribution in [0.25, 0.3) is 0 Å². The van der Waals surface area contributed by atoms with Crippen LogP contribution < -0.4 is 0 Å². The molecular formula is C13H21BrO4. The van der Waals surface area contributed by atoms with Gasteiger partial charge >= 0.3 is 0 Å². The first-order chi connectivity index (χ1) is 8.42. The van der Waals surface area contributed by atoms with E-state index < -0.39 is 17.0 Å². The van der Waals surface area contributed by atoms with Gasteiger partial charge in [0.15, 0.2) is 5.79 Å². The summed E-state index contributed by atoms with van der Waals surface area (Å²) in [5.74, 6) is -0.823. The molecule has 104 valence electrons. The SMILES string of the molecule is C/C=C(/C)C1(O)C(Br)C(OC)(OC)CCC12CO2. The fraction of sp³-hybridized carbons (Fsp3) is 0.846. The summed E-state index contributed by atoms with van der Waals surface area (Å²) in [7, 11) is 3.21. The van der Waals surface area contributed by atoms with Gasteiger partial charge in [-0.15, -0.1) is 0 Å². The Hall–Kier alpha value is 0.0600. The largest absolute Gasteiger partial charge is 0.381 e. The molecule has 2 aliphatic rings. The van der Waals surface area contributed by atoms with Crippen LogP contribution in [0, 0.1) is 0 Å². The smallest absolute Gasteiger partial charge is 0.183 e. The molecule has 0 bridgehead atoms. The lowest BCUT2D eigenvalue weighted by Gasteiger charge is -2.51. The summed E-state index contributed by atoms with van der Waals surface area (Å²) in [5, 5.41) is 11.2. The minimum absolute atomic E-state index is 0.375. The summed E-state index contributed by atoms with van der Waals surface area (Å²) in [6, 6.07) is 0. The number of halogens is 1. The Balaban J connectivity index is 2.45. The molecule has 1 aliphatic carbocycles. The molecule has 18 heavy (non-hydrogen) atoms. The highest BCUT2D eigenvalue weighted by molar-refractivity contribution is 9.09. The highest BCUT2D eigenvalue weighted by Crippen LogP contribution is 2.57. The summed E-state index contributed by atoms with van der Waals surface area (Å²) < 4.78 is 16.7. The minimum atomic E-state index is -1.11. The molecule has 0 aromatic carbocycles. The number of rotatable bonds is 3. The van der Waals surface area contributed by atoms with Gasteiger partial charge in [-0.05, 0) is 25.8 Å². The van der Waals surface area contributed by atoms with E-state index in [1.54, 1.807) is 14.2 Å². The second-order valence-electron chi connectivity index (χ2n) is 5.10. The van der Waals surface area contributed by atoms with Crippen LogP contribution in [-0.4, -0.2) is 47.7 Å². The van der Waals surface area contributed by atoms with E-state index in [2.05, 4.69) is 15.9 Å². The standard InChI is InChI=1S/C13H21BrO4/c1-5-9(2)13(15)10(14)12(16-3,17-4)7-6-11(13)8-18-11/h5,10,15H,6-8H2,1-4H3/b9-5-. The number of hydrogen-bond acceptors (Lipinski definition) is 4. The van der Waals surface area contributed by atoms with Crippen LogP contribution in [0.5, 0.6) is 0 Å². The van der Waals surface area contributed by atoms with Gasteiger partial charge in [-0.2, -0.15) is 0 Å². The fourth-order valence-corrected chi connectivity index (χ4v) is 4.35. The number of allylic oxidation sites excluding steroid dienone is 1. The molecule has 1 N–H and O–H groups in total. The van der Waals surface area contributed by atoms with Gasteiger partial charge in [-0.1, -0.05) is 22.0 Å². The normalized spacial score (nSPS) is 43.2. The molecule has 1 aliphatic heterocycles. The number of alkyl halides is 1. The summed E-state index contributed by atoms with van der Waals surface area (Å²) in [6.45, 7) is 4.42. The van der Waals surface area contributed by atoms with Gasteiger partial charge in [0, 0.05) is 20.6 Å². The first-order valence-corrected chi connectivity index (χ1v) is 7.08. The number of hydrogen-bond donors (Lipinski definition) is 1. The molecular weight excluding hydrogens is 300 g/mol. The quantitative estimate of drug-likeness (QED) is 0.374. The monoisotopic (exact) mass is 320 g/mol. The second-order valence-corrected chi connectivity index (χ2v) is 6.02. The molecule has 2 rings (SSSR count). The number of aliphatic hydroxyl groups is 1. The maximum absolute atomic E-state index is 11.2. The average molecular weight is 321 g/mol. The van der Waals surface area contributed by atoms with Crippen molar-refractivity contribution in [2.24, 2.45) is 0 Å². The Morgan fingerprint density at radius 3 is 2.33 bits per heavy atom. The van der Waals surface area contributed by atoms with E-state index in [0.29, 0.717) is 13.0 Å². The molecule has 0 aromatic rings. The highest BCUT2D eigenvalue weighted by Gasteiger charge is 2.71. The van der Waals surface area contributed by atoms with E-state index in [-0.39, 0.29) is 4.83 Å². The molecule has 1 saturated carbocycles. The number of ether oxygens (including phenoxy) is 3. The van der Waals surface area contributed by atoms with Crippen molar-refractivity contribution in [1.82, 2.24) is 0 Å². The topological polar surface area (TPSA) is 51.2 Å². The summed E-state index contributed by atoms with van der Waals surface area (Å²) in [6.07, 6.45) is 3.33. The zero-order chi connectivity index (χ0) is 13.6. The zero-order valence-corrected chi connectivity index (χ0v) is 12.9. The molecule has 0 aromatic heterocycles. The molecule has 0 amide bonds. The lowest BCUT2D eigenvalue weighted by atomic mass is 9.68. The van der Waals surface area contributed by atoms with Crippen LogP contribution in [0.3, 0.4) is 0 Å². The Morgan fingerprint density at radius 2 is 1.94 bits per heavy atom. The Kier molecular flexibility index (Phi) is 3.67. The average Bonchev–Trinajstić information content (AvgIpc) is 3.18. The Morgan fingerprint density at radius 1 is 1.39 bits per heavy atom. The van der Waals surface area contributed by atoms with E-state index in [4.69, 9.17) is 14.2 Å². The number of epoxide rings is 1. The first-order valence-electron chi connectivity index (χ1n) is 6.16. The van der Waals surface area contributed by atoms with Crippen molar-refractivity contribution in [2.45, 2.75) is 48.5 Å². The predicted octanol–water partition coefficient (Wildman–Crippen LogP) is 2.00. The lowest BCUT2D eigenvalue weighted by Crippen LogP contribution is -2.66. The zero-order valence-electron chi connectivity index (χ0n) is 11.3. The van der Waals surface area contributed by atoms with Crippen molar-refractivity contribution in [2.75, 3.05) is 20.8 Å². The summed E-state index contributed by atoms with van der Waals surface area (Å²) in [4.78, 5) is -0.375. The van der Waals surface area contributed by atoms with E-state index in [1.807, 2.05) is 19.9 Å². The van der Waals surface area contributed by atoms with Gasteiger partial charge in [0.1, 0.15) is 16.0 Å².